The second-order valence-electron chi connectivity index (χ2n) is 5.70. The van der Waals surface area contributed by atoms with Gasteiger partial charge in [-0.25, -0.2) is 9.97 Å². The van der Waals surface area contributed by atoms with E-state index in [1.807, 2.05) is 42.5 Å². The van der Waals surface area contributed by atoms with Crippen molar-refractivity contribution in [2.24, 2.45) is 0 Å². The standard InChI is InChI=1S/C20H14BrN3O2S/c1-26-15-8-7-14(12-5-3-2-4-6-12)18-17(15)23-20(27-18)24-19(25)13-9-10-22-16(21)11-13/h2-11H,1H3,(H,23,24,25). The average Bonchev–Trinajstić information content (AvgIpc) is 3.11. The Morgan fingerprint density at radius 2 is 1.96 bits per heavy atom. The molecule has 0 unspecified atom stereocenters. The molecule has 1 amide bonds. The number of nitrogens with one attached hydrogen (secondary N) is 1. The van der Waals surface area contributed by atoms with Crippen LogP contribution in [0.1, 0.15) is 10.4 Å². The van der Waals surface area contributed by atoms with Crippen LogP contribution in [-0.2, 0) is 0 Å². The van der Waals surface area contributed by atoms with Gasteiger partial charge in [0, 0.05) is 17.3 Å². The van der Waals surface area contributed by atoms with Gasteiger partial charge in [0.05, 0.1) is 11.8 Å². The van der Waals surface area contributed by atoms with Gasteiger partial charge in [-0.05, 0) is 45.8 Å². The molecule has 4 aromatic rings. The van der Waals surface area contributed by atoms with Crippen molar-refractivity contribution in [3.63, 3.8) is 0 Å². The Bertz CT molecular complexity index is 1130. The maximum Gasteiger partial charge on any atom is 0.257 e. The SMILES string of the molecule is COc1ccc(-c2ccccc2)c2sc(NC(=O)c3ccnc(Br)c3)nc12. The Morgan fingerprint density at radius 3 is 2.70 bits per heavy atom. The largest absolute Gasteiger partial charge is 0.494 e. The minimum absolute atomic E-state index is 0.239. The molecule has 5 nitrogen and oxygen atoms in total. The quantitative estimate of drug-likeness (QED) is 0.433. The maximum atomic E-state index is 12.5. The van der Waals surface area contributed by atoms with Gasteiger partial charge in [-0.15, -0.1) is 0 Å². The number of anilines is 1. The fourth-order valence-electron chi connectivity index (χ4n) is 2.76. The van der Waals surface area contributed by atoms with Gasteiger partial charge in [0.25, 0.3) is 5.91 Å². The number of thiazole rings is 1. The van der Waals surface area contributed by atoms with Crippen molar-refractivity contribution in [2.75, 3.05) is 12.4 Å². The molecule has 0 bridgehead atoms. The summed E-state index contributed by atoms with van der Waals surface area (Å²) in [4.78, 5) is 21.2. The molecule has 2 aromatic carbocycles. The summed E-state index contributed by atoms with van der Waals surface area (Å²) in [7, 11) is 1.61. The topological polar surface area (TPSA) is 64.1 Å². The van der Waals surface area contributed by atoms with Crippen LogP contribution in [0.3, 0.4) is 0 Å². The van der Waals surface area contributed by atoms with E-state index in [4.69, 9.17) is 4.74 Å². The number of ether oxygens (including phenoxy) is 1. The summed E-state index contributed by atoms with van der Waals surface area (Å²) in [6.07, 6.45) is 1.58. The van der Waals surface area contributed by atoms with Gasteiger partial charge in [-0.1, -0.05) is 41.7 Å². The number of rotatable bonds is 4. The van der Waals surface area contributed by atoms with Crippen LogP contribution < -0.4 is 10.1 Å². The lowest BCUT2D eigenvalue weighted by Crippen LogP contribution is -2.11. The highest BCUT2D eigenvalue weighted by molar-refractivity contribution is 9.10. The van der Waals surface area contributed by atoms with E-state index in [0.717, 1.165) is 21.3 Å². The highest BCUT2D eigenvalue weighted by Crippen LogP contribution is 2.39. The number of halogens is 1. The first kappa shape index (κ1) is 17.6. The van der Waals surface area contributed by atoms with Crippen molar-refractivity contribution < 1.29 is 9.53 Å². The molecule has 0 atom stereocenters. The molecular formula is C20H14BrN3O2S. The lowest BCUT2D eigenvalue weighted by Gasteiger charge is -2.05. The fraction of sp³-hybridized carbons (Fsp3) is 0.0500. The summed E-state index contributed by atoms with van der Waals surface area (Å²) in [5.41, 5.74) is 3.38. The van der Waals surface area contributed by atoms with E-state index < -0.39 is 0 Å². The first-order valence-electron chi connectivity index (χ1n) is 8.11. The highest BCUT2D eigenvalue weighted by atomic mass is 79.9. The average molecular weight is 440 g/mol. The monoisotopic (exact) mass is 439 g/mol. The van der Waals surface area contributed by atoms with Gasteiger partial charge in [-0.3, -0.25) is 10.1 Å². The van der Waals surface area contributed by atoms with E-state index in [1.165, 1.54) is 11.3 Å². The Kier molecular flexibility index (Phi) is 4.87. The van der Waals surface area contributed by atoms with Crippen molar-refractivity contribution in [3.8, 4) is 16.9 Å². The number of carbonyl (C=O) groups is 1. The first-order chi connectivity index (χ1) is 13.2. The lowest BCUT2D eigenvalue weighted by atomic mass is 10.1. The predicted molar refractivity (Wildman–Crippen MR) is 111 cm³/mol. The Hall–Kier alpha value is -2.77. The number of hydrogen-bond donors (Lipinski definition) is 1. The second-order valence-corrected chi connectivity index (χ2v) is 7.51. The van der Waals surface area contributed by atoms with Crippen molar-refractivity contribution in [3.05, 3.63) is 71.0 Å². The molecule has 4 rings (SSSR count). The van der Waals surface area contributed by atoms with Gasteiger partial charge in [-0.2, -0.15) is 0 Å². The van der Waals surface area contributed by atoms with Crippen LogP contribution >= 0.6 is 27.3 Å². The van der Waals surface area contributed by atoms with Gasteiger partial charge in [0.15, 0.2) is 5.13 Å². The van der Waals surface area contributed by atoms with Gasteiger partial charge < -0.3 is 4.74 Å². The Labute approximate surface area is 168 Å². The van der Waals surface area contributed by atoms with E-state index in [1.54, 1.807) is 25.4 Å². The molecule has 1 N–H and O–H groups in total. The smallest absolute Gasteiger partial charge is 0.257 e. The molecule has 0 fully saturated rings. The van der Waals surface area contributed by atoms with Gasteiger partial charge in [0.1, 0.15) is 15.9 Å². The van der Waals surface area contributed by atoms with Crippen molar-refractivity contribution in [1.29, 1.82) is 0 Å². The molecule has 0 spiro atoms. The molecule has 2 aromatic heterocycles. The van der Waals surface area contributed by atoms with Gasteiger partial charge in [0.2, 0.25) is 0 Å². The van der Waals surface area contributed by atoms with E-state index in [0.29, 0.717) is 21.0 Å². The number of carbonyl (C=O) groups excluding carboxylic acids is 1. The van der Waals surface area contributed by atoms with Crippen LogP contribution in [0.15, 0.2) is 65.4 Å². The predicted octanol–water partition coefficient (Wildman–Crippen LogP) is 5.38. The molecule has 0 radical (unpaired) electrons. The molecular weight excluding hydrogens is 426 g/mol. The summed E-state index contributed by atoms with van der Waals surface area (Å²) >= 11 is 4.70. The highest BCUT2D eigenvalue weighted by Gasteiger charge is 2.16. The Morgan fingerprint density at radius 1 is 1.15 bits per heavy atom. The minimum atomic E-state index is -0.239. The normalized spacial score (nSPS) is 10.7. The molecule has 134 valence electrons. The number of methoxy groups -OCH3 is 1. The van der Waals surface area contributed by atoms with E-state index >= 15 is 0 Å². The number of aromatic nitrogens is 2. The van der Waals surface area contributed by atoms with Crippen LogP contribution in [0.5, 0.6) is 5.75 Å². The zero-order chi connectivity index (χ0) is 18.8. The summed E-state index contributed by atoms with van der Waals surface area (Å²) in [6.45, 7) is 0. The van der Waals surface area contributed by atoms with Crippen molar-refractivity contribution >= 4 is 48.5 Å². The third-order valence-electron chi connectivity index (χ3n) is 4.02. The summed E-state index contributed by atoms with van der Waals surface area (Å²) in [5.74, 6) is 0.436. The van der Waals surface area contributed by atoms with Crippen LogP contribution in [0, 0.1) is 0 Å². The summed E-state index contributed by atoms with van der Waals surface area (Å²) in [5, 5.41) is 3.39. The van der Waals surface area contributed by atoms with E-state index in [2.05, 4.69) is 31.2 Å². The number of benzene rings is 2. The third-order valence-corrected chi connectivity index (χ3v) is 5.46. The molecule has 2 heterocycles. The molecule has 7 heteroatoms. The maximum absolute atomic E-state index is 12.5. The van der Waals surface area contributed by atoms with Crippen LogP contribution in [0.25, 0.3) is 21.3 Å². The van der Waals surface area contributed by atoms with E-state index in [-0.39, 0.29) is 5.91 Å². The first-order valence-corrected chi connectivity index (χ1v) is 9.72. The number of nitrogens with zero attached hydrogens (tertiary/aromatic N) is 2. The fourth-order valence-corrected chi connectivity index (χ4v) is 4.14. The number of fused-ring (bicyclic) bond motifs is 1. The molecule has 0 saturated carbocycles. The number of amides is 1. The van der Waals surface area contributed by atoms with Crippen molar-refractivity contribution in [1.82, 2.24) is 9.97 Å². The zero-order valence-corrected chi connectivity index (χ0v) is 16.7. The summed E-state index contributed by atoms with van der Waals surface area (Å²) < 4.78 is 7.02. The molecule has 0 aliphatic rings. The van der Waals surface area contributed by atoms with Crippen LogP contribution in [-0.4, -0.2) is 23.0 Å². The summed E-state index contributed by atoms with van der Waals surface area (Å²) in [6, 6.07) is 17.3. The number of hydrogen-bond acceptors (Lipinski definition) is 5. The lowest BCUT2D eigenvalue weighted by molar-refractivity contribution is 0.102. The second kappa shape index (κ2) is 7.46. The third kappa shape index (κ3) is 3.56. The van der Waals surface area contributed by atoms with Crippen LogP contribution in [0.4, 0.5) is 5.13 Å². The molecule has 27 heavy (non-hydrogen) atoms. The van der Waals surface area contributed by atoms with E-state index in [9.17, 15) is 4.79 Å². The van der Waals surface area contributed by atoms with Gasteiger partial charge >= 0.3 is 0 Å². The Balaban J connectivity index is 1.76. The number of pyridine rings is 1. The zero-order valence-electron chi connectivity index (χ0n) is 14.3. The van der Waals surface area contributed by atoms with Crippen LogP contribution in [0.2, 0.25) is 0 Å². The molecule has 0 aliphatic carbocycles. The minimum Gasteiger partial charge on any atom is -0.494 e. The molecule has 0 aliphatic heterocycles. The van der Waals surface area contributed by atoms with Crippen molar-refractivity contribution in [2.45, 2.75) is 0 Å². The molecule has 0 saturated heterocycles.